The van der Waals surface area contributed by atoms with Crippen LogP contribution >= 0.6 is 11.3 Å². The van der Waals surface area contributed by atoms with Crippen LogP contribution in [0, 0.1) is 5.82 Å². The number of hydrogen-bond donors (Lipinski definition) is 2. The zero-order valence-corrected chi connectivity index (χ0v) is 16.2. The molecule has 0 radical (unpaired) electrons. The molecule has 2 atom stereocenters. The largest absolute Gasteiger partial charge is 0.348 e. The minimum Gasteiger partial charge on any atom is -0.348 e. The van der Waals surface area contributed by atoms with Gasteiger partial charge in [-0.2, -0.15) is 0 Å². The standard InChI is InChI=1S/C22H21FN2O2S/c1-15(17-9-11-18(23)12-10-17)24-21(26)19(14-16-6-3-2-4-7-16)25-22(27)20-8-5-13-28-20/h2-13,15,19H,14H2,1H3,(H,24,26)(H,25,27)/t15?,19-/m0/s1. The van der Waals surface area contributed by atoms with Crippen molar-refractivity contribution in [2.45, 2.75) is 25.4 Å². The number of hydrogen-bond acceptors (Lipinski definition) is 3. The van der Waals surface area contributed by atoms with Gasteiger partial charge in [-0.05, 0) is 41.6 Å². The first kappa shape index (κ1) is 19.8. The molecule has 2 N–H and O–H groups in total. The molecule has 0 spiro atoms. The van der Waals surface area contributed by atoms with E-state index >= 15 is 0 Å². The molecule has 0 aliphatic heterocycles. The predicted molar refractivity (Wildman–Crippen MR) is 109 cm³/mol. The van der Waals surface area contributed by atoms with Gasteiger partial charge in [0.05, 0.1) is 10.9 Å². The molecule has 3 aromatic rings. The maximum absolute atomic E-state index is 13.1. The molecule has 4 nitrogen and oxygen atoms in total. The van der Waals surface area contributed by atoms with Gasteiger partial charge < -0.3 is 10.6 Å². The molecule has 1 aromatic heterocycles. The molecule has 1 heterocycles. The quantitative estimate of drug-likeness (QED) is 0.632. The number of nitrogens with one attached hydrogen (secondary N) is 2. The molecule has 1 unspecified atom stereocenters. The van der Waals surface area contributed by atoms with Crippen molar-refractivity contribution in [2.75, 3.05) is 0 Å². The van der Waals surface area contributed by atoms with Crippen molar-refractivity contribution in [1.29, 1.82) is 0 Å². The summed E-state index contributed by atoms with van der Waals surface area (Å²) in [6, 6.07) is 18.0. The van der Waals surface area contributed by atoms with Crippen LogP contribution in [0.15, 0.2) is 72.1 Å². The predicted octanol–water partition coefficient (Wildman–Crippen LogP) is 4.11. The van der Waals surface area contributed by atoms with E-state index in [-0.39, 0.29) is 23.7 Å². The summed E-state index contributed by atoms with van der Waals surface area (Å²) in [6.07, 6.45) is 0.375. The second kappa shape index (κ2) is 9.28. The summed E-state index contributed by atoms with van der Waals surface area (Å²) in [5, 5.41) is 7.56. The lowest BCUT2D eigenvalue weighted by atomic mass is 10.0. The van der Waals surface area contributed by atoms with Gasteiger partial charge in [0.25, 0.3) is 5.91 Å². The SMILES string of the molecule is CC(NC(=O)[C@H](Cc1ccccc1)NC(=O)c1cccs1)c1ccc(F)cc1. The molecule has 0 aliphatic carbocycles. The zero-order valence-electron chi connectivity index (χ0n) is 15.4. The van der Waals surface area contributed by atoms with Gasteiger partial charge in [-0.3, -0.25) is 9.59 Å². The average Bonchev–Trinajstić information content (AvgIpc) is 3.23. The van der Waals surface area contributed by atoms with Gasteiger partial charge in [0.1, 0.15) is 11.9 Å². The first-order valence-electron chi connectivity index (χ1n) is 8.97. The van der Waals surface area contributed by atoms with E-state index in [1.807, 2.05) is 42.6 Å². The normalized spacial score (nSPS) is 12.8. The van der Waals surface area contributed by atoms with Crippen LogP contribution in [0.1, 0.15) is 33.8 Å². The smallest absolute Gasteiger partial charge is 0.262 e. The Morgan fingerprint density at radius 1 is 0.964 bits per heavy atom. The molecule has 0 bridgehead atoms. The highest BCUT2D eigenvalue weighted by Gasteiger charge is 2.24. The van der Waals surface area contributed by atoms with Crippen LogP contribution in [0.5, 0.6) is 0 Å². The van der Waals surface area contributed by atoms with Crippen molar-refractivity contribution >= 4 is 23.2 Å². The van der Waals surface area contributed by atoms with Crippen LogP contribution in [0.4, 0.5) is 4.39 Å². The molecular formula is C22H21FN2O2S. The van der Waals surface area contributed by atoms with Gasteiger partial charge in [0, 0.05) is 6.42 Å². The molecule has 2 aromatic carbocycles. The Morgan fingerprint density at radius 3 is 2.32 bits per heavy atom. The van der Waals surface area contributed by atoms with Gasteiger partial charge >= 0.3 is 0 Å². The van der Waals surface area contributed by atoms with Crippen LogP contribution in [-0.2, 0) is 11.2 Å². The molecule has 0 aliphatic rings. The van der Waals surface area contributed by atoms with Gasteiger partial charge in [-0.1, -0.05) is 48.5 Å². The molecular weight excluding hydrogens is 375 g/mol. The fourth-order valence-electron chi connectivity index (χ4n) is 2.84. The fourth-order valence-corrected chi connectivity index (χ4v) is 3.47. The maximum Gasteiger partial charge on any atom is 0.262 e. The molecule has 3 rings (SSSR count). The zero-order chi connectivity index (χ0) is 19.9. The molecule has 144 valence electrons. The molecule has 0 saturated heterocycles. The average molecular weight is 396 g/mol. The van der Waals surface area contributed by atoms with Crippen LogP contribution < -0.4 is 10.6 Å². The minimum atomic E-state index is -0.722. The van der Waals surface area contributed by atoms with Crippen molar-refractivity contribution in [3.63, 3.8) is 0 Å². The summed E-state index contributed by atoms with van der Waals surface area (Å²) in [5.41, 5.74) is 1.74. The summed E-state index contributed by atoms with van der Waals surface area (Å²) in [4.78, 5) is 25.9. The second-order valence-electron chi connectivity index (χ2n) is 6.47. The highest BCUT2D eigenvalue weighted by molar-refractivity contribution is 7.12. The molecule has 28 heavy (non-hydrogen) atoms. The van der Waals surface area contributed by atoms with Crippen LogP contribution in [-0.4, -0.2) is 17.9 Å². The summed E-state index contributed by atoms with van der Waals surface area (Å²) in [5.74, 6) is -0.890. The lowest BCUT2D eigenvalue weighted by molar-refractivity contribution is -0.123. The van der Waals surface area contributed by atoms with E-state index in [4.69, 9.17) is 0 Å². The lowest BCUT2D eigenvalue weighted by Gasteiger charge is -2.21. The summed E-state index contributed by atoms with van der Waals surface area (Å²) in [6.45, 7) is 1.83. The van der Waals surface area contributed by atoms with E-state index in [2.05, 4.69) is 10.6 Å². The van der Waals surface area contributed by atoms with E-state index in [0.717, 1.165) is 11.1 Å². The number of carbonyl (C=O) groups excluding carboxylic acids is 2. The number of rotatable bonds is 7. The molecule has 0 saturated carbocycles. The van der Waals surface area contributed by atoms with Gasteiger partial charge in [-0.15, -0.1) is 11.3 Å². The monoisotopic (exact) mass is 396 g/mol. The Balaban J connectivity index is 1.73. The van der Waals surface area contributed by atoms with Crippen molar-refractivity contribution < 1.29 is 14.0 Å². The second-order valence-corrected chi connectivity index (χ2v) is 7.42. The van der Waals surface area contributed by atoms with Crippen LogP contribution in [0.2, 0.25) is 0 Å². The summed E-state index contributed by atoms with van der Waals surface area (Å²) >= 11 is 1.32. The first-order valence-corrected chi connectivity index (χ1v) is 9.85. The van der Waals surface area contributed by atoms with Gasteiger partial charge in [0.2, 0.25) is 5.91 Å². The topological polar surface area (TPSA) is 58.2 Å². The third-order valence-corrected chi connectivity index (χ3v) is 5.25. The number of halogens is 1. The van der Waals surface area contributed by atoms with E-state index in [0.29, 0.717) is 11.3 Å². The minimum absolute atomic E-state index is 0.277. The van der Waals surface area contributed by atoms with E-state index in [1.165, 1.54) is 23.5 Å². The molecule has 2 amide bonds. The third kappa shape index (κ3) is 5.27. The Hall–Kier alpha value is -2.99. The summed E-state index contributed by atoms with van der Waals surface area (Å²) < 4.78 is 13.1. The Kier molecular flexibility index (Phi) is 6.55. The number of amides is 2. The van der Waals surface area contributed by atoms with E-state index in [1.54, 1.807) is 24.3 Å². The Labute approximate surface area is 167 Å². The van der Waals surface area contributed by atoms with Gasteiger partial charge in [0.15, 0.2) is 0 Å². The Morgan fingerprint density at radius 2 is 1.68 bits per heavy atom. The van der Waals surface area contributed by atoms with Crippen molar-refractivity contribution in [3.8, 4) is 0 Å². The molecule has 0 fully saturated rings. The third-order valence-electron chi connectivity index (χ3n) is 4.38. The van der Waals surface area contributed by atoms with E-state index in [9.17, 15) is 14.0 Å². The molecule has 6 heteroatoms. The fraction of sp³-hybridized carbons (Fsp3) is 0.182. The number of carbonyl (C=O) groups is 2. The summed E-state index contributed by atoms with van der Waals surface area (Å²) in [7, 11) is 0. The van der Waals surface area contributed by atoms with Crippen molar-refractivity contribution in [2.24, 2.45) is 0 Å². The lowest BCUT2D eigenvalue weighted by Crippen LogP contribution is -2.48. The van der Waals surface area contributed by atoms with Crippen LogP contribution in [0.25, 0.3) is 0 Å². The van der Waals surface area contributed by atoms with E-state index < -0.39 is 6.04 Å². The van der Waals surface area contributed by atoms with Crippen LogP contribution in [0.3, 0.4) is 0 Å². The van der Waals surface area contributed by atoms with Crippen molar-refractivity contribution in [3.05, 3.63) is 93.9 Å². The highest BCUT2D eigenvalue weighted by atomic mass is 32.1. The number of thiophene rings is 1. The highest BCUT2D eigenvalue weighted by Crippen LogP contribution is 2.14. The number of benzene rings is 2. The first-order chi connectivity index (χ1) is 13.5. The maximum atomic E-state index is 13.1. The Bertz CT molecular complexity index is 911. The van der Waals surface area contributed by atoms with Crippen molar-refractivity contribution in [1.82, 2.24) is 10.6 Å². The van der Waals surface area contributed by atoms with Gasteiger partial charge in [-0.25, -0.2) is 4.39 Å².